The Hall–Kier alpha value is -2.06. The lowest BCUT2D eigenvalue weighted by Gasteiger charge is -2.60. The van der Waals surface area contributed by atoms with Gasteiger partial charge in [-0.1, -0.05) is 32.0 Å². The molecule has 0 bridgehead atoms. The Kier molecular flexibility index (Phi) is 7.63. The second-order valence-electron chi connectivity index (χ2n) is 14.8. The van der Waals surface area contributed by atoms with Gasteiger partial charge in [-0.05, 0) is 120 Å². The van der Waals surface area contributed by atoms with Crippen LogP contribution >= 0.6 is 0 Å². The fraction of sp³-hybridized carbons (Fsp3) is 0.706. The van der Waals surface area contributed by atoms with Gasteiger partial charge in [-0.3, -0.25) is 4.79 Å². The maximum absolute atomic E-state index is 13.7. The minimum atomic E-state index is -1.45. The van der Waals surface area contributed by atoms with Crippen LogP contribution in [0.3, 0.4) is 0 Å². The van der Waals surface area contributed by atoms with Crippen molar-refractivity contribution < 1.29 is 34.8 Å². The van der Waals surface area contributed by atoms with Crippen LogP contribution in [-0.2, 0) is 9.53 Å². The molecule has 0 aromatic heterocycles. The lowest BCUT2D eigenvalue weighted by Crippen LogP contribution is -2.62. The minimum Gasteiger partial charge on any atom is -0.459 e. The van der Waals surface area contributed by atoms with Crippen molar-refractivity contribution in [1.29, 1.82) is 0 Å². The molecule has 3 saturated carbocycles. The second-order valence-corrected chi connectivity index (χ2v) is 14.8. The number of carbonyl (C=O) groups is 2. The standard InChI is InChI=1S/C34H48O7/c1-30(2,38)15-14-28(36)33(5,39)27-13-18-34(40)24-20-26(35)25-19-22(41-29(37)21-9-7-6-8-10-21)11-16-31(25,3)23(24)12-17-32(27,34)4/h6-10,20,22-23,25,27-28,36,38-40H,11-19H2,1-5H3/t22-,23-,25-,27?,28+,31+,32+,33+,34+/m0/s1. The molecule has 41 heavy (non-hydrogen) atoms. The van der Waals surface area contributed by atoms with E-state index in [9.17, 15) is 30.0 Å². The quantitative estimate of drug-likeness (QED) is 0.350. The van der Waals surface area contributed by atoms with Gasteiger partial charge >= 0.3 is 5.97 Å². The van der Waals surface area contributed by atoms with E-state index < -0.39 is 28.3 Å². The van der Waals surface area contributed by atoms with Crippen LogP contribution in [0.4, 0.5) is 0 Å². The number of ether oxygens (including phenoxy) is 1. The summed E-state index contributed by atoms with van der Waals surface area (Å²) in [5.41, 5.74) is -3.42. The molecule has 0 radical (unpaired) electrons. The molecular weight excluding hydrogens is 520 g/mol. The number of aliphatic hydroxyl groups is 4. The highest BCUT2D eigenvalue weighted by molar-refractivity contribution is 5.95. The maximum Gasteiger partial charge on any atom is 0.338 e. The van der Waals surface area contributed by atoms with Gasteiger partial charge in [0.2, 0.25) is 0 Å². The van der Waals surface area contributed by atoms with Crippen LogP contribution in [0.5, 0.6) is 0 Å². The van der Waals surface area contributed by atoms with Gasteiger partial charge in [-0.15, -0.1) is 0 Å². The topological polar surface area (TPSA) is 124 Å². The van der Waals surface area contributed by atoms with Crippen molar-refractivity contribution in [3.63, 3.8) is 0 Å². The predicted molar refractivity (Wildman–Crippen MR) is 155 cm³/mol. The van der Waals surface area contributed by atoms with Gasteiger partial charge in [-0.2, -0.15) is 0 Å². The molecule has 0 saturated heterocycles. The summed E-state index contributed by atoms with van der Waals surface area (Å²) in [6, 6.07) is 8.92. The van der Waals surface area contributed by atoms with E-state index in [0.717, 1.165) is 18.4 Å². The number of carbonyl (C=O) groups excluding carboxylic acids is 2. The molecule has 7 nitrogen and oxygen atoms in total. The highest BCUT2D eigenvalue weighted by Crippen LogP contribution is 2.68. The van der Waals surface area contributed by atoms with E-state index in [0.29, 0.717) is 44.1 Å². The zero-order valence-electron chi connectivity index (χ0n) is 25.2. The van der Waals surface area contributed by atoms with Gasteiger partial charge in [0, 0.05) is 11.3 Å². The number of hydrogen-bond acceptors (Lipinski definition) is 7. The molecule has 3 fully saturated rings. The Labute approximate surface area is 244 Å². The first kappa shape index (κ1) is 30.4. The largest absolute Gasteiger partial charge is 0.459 e. The van der Waals surface area contributed by atoms with E-state index in [1.165, 1.54) is 0 Å². The predicted octanol–water partition coefficient (Wildman–Crippen LogP) is 4.75. The van der Waals surface area contributed by atoms with Crippen molar-refractivity contribution in [1.82, 2.24) is 0 Å². The Morgan fingerprint density at radius 1 is 1.02 bits per heavy atom. The van der Waals surface area contributed by atoms with Crippen LogP contribution in [0.2, 0.25) is 0 Å². The number of ketones is 1. The van der Waals surface area contributed by atoms with E-state index >= 15 is 0 Å². The second kappa shape index (κ2) is 10.3. The molecule has 1 aromatic rings. The number of hydrogen-bond donors (Lipinski definition) is 4. The van der Waals surface area contributed by atoms with Crippen LogP contribution in [0.15, 0.2) is 42.0 Å². The van der Waals surface area contributed by atoms with Crippen LogP contribution in [0.25, 0.3) is 0 Å². The fourth-order valence-corrected chi connectivity index (χ4v) is 9.15. The van der Waals surface area contributed by atoms with Gasteiger partial charge in [-0.25, -0.2) is 4.79 Å². The molecule has 4 N–H and O–H groups in total. The molecule has 0 spiro atoms. The van der Waals surface area contributed by atoms with E-state index in [1.807, 2.05) is 13.0 Å². The highest BCUT2D eigenvalue weighted by atomic mass is 16.5. The number of aliphatic hydroxyl groups excluding tert-OH is 1. The summed E-state index contributed by atoms with van der Waals surface area (Å²) in [5.74, 6) is -1.01. The molecule has 226 valence electrons. The maximum atomic E-state index is 13.7. The third-order valence-electron chi connectivity index (χ3n) is 11.7. The molecular formula is C34H48O7. The average molecular weight is 569 g/mol. The van der Waals surface area contributed by atoms with Crippen LogP contribution in [0.1, 0.15) is 103 Å². The van der Waals surface area contributed by atoms with Crippen LogP contribution in [-0.4, -0.2) is 61.2 Å². The summed E-state index contributed by atoms with van der Waals surface area (Å²) >= 11 is 0. The zero-order valence-corrected chi connectivity index (χ0v) is 25.2. The highest BCUT2D eigenvalue weighted by Gasteiger charge is 2.68. The Bertz CT molecular complexity index is 1200. The average Bonchev–Trinajstić information content (AvgIpc) is 3.20. The van der Waals surface area contributed by atoms with Gasteiger partial charge in [0.15, 0.2) is 5.78 Å². The normalized spacial score (nSPS) is 39.0. The molecule has 4 aliphatic rings. The molecule has 0 heterocycles. The van der Waals surface area contributed by atoms with E-state index in [1.54, 1.807) is 51.1 Å². The molecule has 7 heteroatoms. The lowest BCUT2D eigenvalue weighted by atomic mass is 9.46. The van der Waals surface area contributed by atoms with Crippen molar-refractivity contribution in [2.45, 2.75) is 121 Å². The number of allylic oxidation sites excluding steroid dienone is 1. The molecule has 9 atom stereocenters. The van der Waals surface area contributed by atoms with E-state index in [4.69, 9.17) is 4.74 Å². The Morgan fingerprint density at radius 2 is 1.71 bits per heavy atom. The number of rotatable bonds is 7. The monoisotopic (exact) mass is 568 g/mol. The van der Waals surface area contributed by atoms with Crippen molar-refractivity contribution >= 4 is 11.8 Å². The van der Waals surface area contributed by atoms with Crippen molar-refractivity contribution in [2.75, 3.05) is 0 Å². The van der Waals surface area contributed by atoms with Crippen LogP contribution < -0.4 is 0 Å². The molecule has 4 aliphatic carbocycles. The number of esters is 1. The SMILES string of the molecule is CC(C)(O)CC[C@@H](O)[C@](C)(O)C1CC[C@@]2(O)C3=CC(=O)[C@@H]4C[C@@H](OC(=O)c5ccccc5)CC[C@]4(C)[C@H]3CC[C@]12C. The van der Waals surface area contributed by atoms with Crippen molar-refractivity contribution in [3.8, 4) is 0 Å². The zero-order chi connectivity index (χ0) is 30.0. The summed E-state index contributed by atoms with van der Waals surface area (Å²) in [4.78, 5) is 26.5. The van der Waals surface area contributed by atoms with Crippen molar-refractivity contribution in [3.05, 3.63) is 47.5 Å². The molecule has 0 aliphatic heterocycles. The first-order valence-corrected chi connectivity index (χ1v) is 15.4. The van der Waals surface area contributed by atoms with E-state index in [-0.39, 0.29) is 47.4 Å². The number of benzene rings is 1. The third kappa shape index (κ3) is 5.01. The van der Waals surface area contributed by atoms with Gasteiger partial charge in [0.05, 0.1) is 28.5 Å². The molecule has 5 rings (SSSR count). The summed E-state index contributed by atoms with van der Waals surface area (Å²) < 4.78 is 5.85. The smallest absolute Gasteiger partial charge is 0.338 e. The molecule has 0 amide bonds. The summed E-state index contributed by atoms with van der Waals surface area (Å²) in [7, 11) is 0. The summed E-state index contributed by atoms with van der Waals surface area (Å²) in [6.07, 6.45) is 5.20. The number of fused-ring (bicyclic) bond motifs is 5. The fourth-order valence-electron chi connectivity index (χ4n) is 9.15. The third-order valence-corrected chi connectivity index (χ3v) is 11.7. The van der Waals surface area contributed by atoms with E-state index in [2.05, 4.69) is 6.92 Å². The summed E-state index contributed by atoms with van der Waals surface area (Å²) in [6.45, 7) is 9.21. The molecule has 1 aromatic carbocycles. The van der Waals surface area contributed by atoms with Crippen molar-refractivity contribution in [2.24, 2.45) is 28.6 Å². The molecule has 1 unspecified atom stereocenters. The Balaban J connectivity index is 1.37. The minimum absolute atomic E-state index is 0.0164. The van der Waals surface area contributed by atoms with Gasteiger partial charge in [0.25, 0.3) is 0 Å². The van der Waals surface area contributed by atoms with Gasteiger partial charge in [0.1, 0.15) is 6.10 Å². The Morgan fingerprint density at radius 3 is 2.37 bits per heavy atom. The van der Waals surface area contributed by atoms with Crippen LogP contribution in [0, 0.1) is 28.6 Å². The first-order chi connectivity index (χ1) is 19.0. The lowest BCUT2D eigenvalue weighted by molar-refractivity contribution is -0.173. The van der Waals surface area contributed by atoms with Gasteiger partial charge < -0.3 is 25.2 Å². The first-order valence-electron chi connectivity index (χ1n) is 15.4. The summed E-state index contributed by atoms with van der Waals surface area (Å²) in [5, 5.41) is 45.4.